The summed E-state index contributed by atoms with van der Waals surface area (Å²) in [6.45, 7) is 1.36. The third kappa shape index (κ3) is 6.16. The Morgan fingerprint density at radius 3 is 2.90 bits per heavy atom. The molecular formula is C20H24N4O5S2. The molecule has 0 saturated carbocycles. The second-order valence-electron chi connectivity index (χ2n) is 7.25. The molecular weight excluding hydrogens is 440 g/mol. The molecule has 4 rings (SSSR count). The van der Waals surface area contributed by atoms with Crippen molar-refractivity contribution in [3.05, 3.63) is 18.2 Å². The van der Waals surface area contributed by atoms with Gasteiger partial charge in [0.25, 0.3) is 0 Å². The van der Waals surface area contributed by atoms with Crippen LogP contribution in [0.25, 0.3) is 10.2 Å². The number of anilines is 1. The van der Waals surface area contributed by atoms with Crippen LogP contribution in [0.4, 0.5) is 5.69 Å². The standard InChI is InChI=1S/C20H24N4O5S2/c25-16-5-4-14(23-16)19(27)21-11-17(26)22-12-2-3-13-15(10-12)31-20(24-13)30-9-6-18-28-7-1-8-29-18/h2-3,10,14,18H,1,4-9,11H2,(H,21,27)(H,22,26)(H,23,25). The first-order valence-corrected chi connectivity index (χ1v) is 12.0. The molecule has 3 N–H and O–H groups in total. The lowest BCUT2D eigenvalue weighted by molar-refractivity contribution is -0.178. The molecule has 9 nitrogen and oxygen atoms in total. The molecule has 0 aliphatic carbocycles. The molecule has 11 heteroatoms. The number of fused-ring (bicyclic) bond motifs is 1. The molecule has 1 unspecified atom stereocenters. The first kappa shape index (κ1) is 22.0. The molecule has 1 aromatic heterocycles. The predicted molar refractivity (Wildman–Crippen MR) is 118 cm³/mol. The van der Waals surface area contributed by atoms with Gasteiger partial charge in [0, 0.05) is 24.3 Å². The molecule has 1 aromatic carbocycles. The van der Waals surface area contributed by atoms with E-state index in [1.807, 2.05) is 12.1 Å². The maximum Gasteiger partial charge on any atom is 0.243 e. The molecule has 3 heterocycles. The summed E-state index contributed by atoms with van der Waals surface area (Å²) in [7, 11) is 0. The molecule has 0 radical (unpaired) electrons. The highest BCUT2D eigenvalue weighted by Crippen LogP contribution is 2.32. The van der Waals surface area contributed by atoms with Crippen LogP contribution >= 0.6 is 23.1 Å². The molecule has 31 heavy (non-hydrogen) atoms. The van der Waals surface area contributed by atoms with E-state index in [9.17, 15) is 14.4 Å². The summed E-state index contributed by atoms with van der Waals surface area (Å²) in [5.74, 6) is 0.0405. The number of carbonyl (C=O) groups excluding carboxylic acids is 3. The summed E-state index contributed by atoms with van der Waals surface area (Å²) < 4.78 is 13.1. The highest BCUT2D eigenvalue weighted by molar-refractivity contribution is 8.01. The Kier molecular flexibility index (Phi) is 7.38. The minimum Gasteiger partial charge on any atom is -0.353 e. The minimum atomic E-state index is -0.555. The van der Waals surface area contributed by atoms with Crippen LogP contribution in [0.1, 0.15) is 25.7 Å². The van der Waals surface area contributed by atoms with Gasteiger partial charge in [0.05, 0.1) is 30.0 Å². The fourth-order valence-electron chi connectivity index (χ4n) is 3.30. The van der Waals surface area contributed by atoms with Crippen molar-refractivity contribution >= 4 is 56.7 Å². The number of amides is 3. The van der Waals surface area contributed by atoms with Crippen molar-refractivity contribution in [1.29, 1.82) is 0 Å². The normalized spacial score (nSPS) is 19.4. The monoisotopic (exact) mass is 464 g/mol. The van der Waals surface area contributed by atoms with E-state index in [1.165, 1.54) is 0 Å². The highest BCUT2D eigenvalue weighted by Gasteiger charge is 2.27. The third-order valence-corrected chi connectivity index (χ3v) is 7.06. The van der Waals surface area contributed by atoms with Crippen LogP contribution in [0.5, 0.6) is 0 Å². The molecule has 2 fully saturated rings. The van der Waals surface area contributed by atoms with E-state index in [0.29, 0.717) is 18.5 Å². The number of ether oxygens (including phenoxy) is 2. The van der Waals surface area contributed by atoms with Crippen molar-refractivity contribution < 1.29 is 23.9 Å². The average Bonchev–Trinajstić information content (AvgIpc) is 3.38. The van der Waals surface area contributed by atoms with Crippen LogP contribution in [-0.2, 0) is 23.9 Å². The van der Waals surface area contributed by atoms with Gasteiger partial charge in [0.15, 0.2) is 10.6 Å². The van der Waals surface area contributed by atoms with Gasteiger partial charge in [-0.15, -0.1) is 11.3 Å². The summed E-state index contributed by atoms with van der Waals surface area (Å²) >= 11 is 3.24. The Hall–Kier alpha value is -2.21. The van der Waals surface area contributed by atoms with Gasteiger partial charge in [0.2, 0.25) is 17.7 Å². The van der Waals surface area contributed by atoms with Crippen molar-refractivity contribution in [2.45, 2.75) is 42.4 Å². The Balaban J connectivity index is 1.25. The zero-order valence-corrected chi connectivity index (χ0v) is 18.5. The molecule has 2 aliphatic heterocycles. The van der Waals surface area contributed by atoms with Crippen LogP contribution in [0.15, 0.2) is 22.5 Å². The Bertz CT molecular complexity index is 960. The summed E-state index contributed by atoms with van der Waals surface area (Å²) in [6.07, 6.45) is 2.43. The second kappa shape index (κ2) is 10.4. The van der Waals surface area contributed by atoms with Gasteiger partial charge in [-0.05, 0) is 31.0 Å². The third-order valence-electron chi connectivity index (χ3n) is 4.86. The predicted octanol–water partition coefficient (Wildman–Crippen LogP) is 1.87. The number of rotatable bonds is 8. The first-order chi connectivity index (χ1) is 15.1. The molecule has 1 atom stereocenters. The van der Waals surface area contributed by atoms with E-state index >= 15 is 0 Å². The topological polar surface area (TPSA) is 119 Å². The average molecular weight is 465 g/mol. The number of hydrogen-bond donors (Lipinski definition) is 3. The van der Waals surface area contributed by atoms with Gasteiger partial charge in [0.1, 0.15) is 6.04 Å². The SMILES string of the molecule is O=C(CNC(=O)C1CCC(=O)N1)Nc1ccc2nc(SCCC3OCCCO3)sc2c1. The number of aromatic nitrogens is 1. The summed E-state index contributed by atoms with van der Waals surface area (Å²) in [6, 6.07) is 4.98. The van der Waals surface area contributed by atoms with E-state index in [-0.39, 0.29) is 30.6 Å². The maximum atomic E-state index is 12.2. The van der Waals surface area contributed by atoms with Gasteiger partial charge in [-0.3, -0.25) is 14.4 Å². The number of nitrogens with zero attached hydrogens (tertiary/aromatic N) is 1. The van der Waals surface area contributed by atoms with Crippen LogP contribution in [0.3, 0.4) is 0 Å². The second-order valence-corrected chi connectivity index (χ2v) is 9.62. The largest absolute Gasteiger partial charge is 0.353 e. The summed E-state index contributed by atoms with van der Waals surface area (Å²) in [5, 5.41) is 7.92. The maximum absolute atomic E-state index is 12.2. The van der Waals surface area contributed by atoms with Crippen LogP contribution < -0.4 is 16.0 Å². The zero-order valence-electron chi connectivity index (χ0n) is 16.8. The molecule has 0 spiro atoms. The Morgan fingerprint density at radius 2 is 2.13 bits per heavy atom. The first-order valence-electron chi connectivity index (χ1n) is 10.2. The lowest BCUT2D eigenvalue weighted by Gasteiger charge is -2.22. The van der Waals surface area contributed by atoms with Crippen LogP contribution in [0, 0.1) is 0 Å². The molecule has 0 bridgehead atoms. The van der Waals surface area contributed by atoms with E-state index in [2.05, 4.69) is 20.9 Å². The molecule has 166 valence electrons. The van der Waals surface area contributed by atoms with Crippen molar-refractivity contribution in [2.24, 2.45) is 0 Å². The van der Waals surface area contributed by atoms with Crippen molar-refractivity contribution in [3.8, 4) is 0 Å². The lowest BCUT2D eigenvalue weighted by atomic mass is 10.2. The van der Waals surface area contributed by atoms with E-state index in [0.717, 1.165) is 46.4 Å². The number of hydrogen-bond acceptors (Lipinski definition) is 8. The Morgan fingerprint density at radius 1 is 1.29 bits per heavy atom. The fraction of sp³-hybridized carbons (Fsp3) is 0.500. The zero-order chi connectivity index (χ0) is 21.6. The summed E-state index contributed by atoms with van der Waals surface area (Å²) in [5.41, 5.74) is 1.52. The highest BCUT2D eigenvalue weighted by atomic mass is 32.2. The number of nitrogens with one attached hydrogen (secondary N) is 3. The minimum absolute atomic E-state index is 0.122. The van der Waals surface area contributed by atoms with Gasteiger partial charge < -0.3 is 25.4 Å². The van der Waals surface area contributed by atoms with E-state index in [4.69, 9.17) is 9.47 Å². The van der Waals surface area contributed by atoms with E-state index in [1.54, 1.807) is 29.2 Å². The van der Waals surface area contributed by atoms with Gasteiger partial charge in [-0.25, -0.2) is 4.98 Å². The molecule has 3 amide bonds. The number of carbonyl (C=O) groups is 3. The van der Waals surface area contributed by atoms with Crippen LogP contribution in [-0.4, -0.2) is 60.5 Å². The summed E-state index contributed by atoms with van der Waals surface area (Å²) in [4.78, 5) is 40.0. The Labute approximate surface area is 187 Å². The van der Waals surface area contributed by atoms with Gasteiger partial charge in [-0.1, -0.05) is 11.8 Å². The molecule has 2 saturated heterocycles. The van der Waals surface area contributed by atoms with Gasteiger partial charge >= 0.3 is 0 Å². The van der Waals surface area contributed by atoms with Gasteiger partial charge in [-0.2, -0.15) is 0 Å². The van der Waals surface area contributed by atoms with E-state index < -0.39 is 6.04 Å². The molecule has 2 aliphatic rings. The molecule has 2 aromatic rings. The smallest absolute Gasteiger partial charge is 0.243 e. The van der Waals surface area contributed by atoms with Crippen LogP contribution in [0.2, 0.25) is 0 Å². The lowest BCUT2D eigenvalue weighted by Crippen LogP contribution is -2.44. The number of benzene rings is 1. The quantitative estimate of drug-likeness (QED) is 0.511. The fourth-order valence-corrected chi connectivity index (χ4v) is 5.43. The number of thiazole rings is 1. The van der Waals surface area contributed by atoms with Crippen molar-refractivity contribution in [2.75, 3.05) is 30.8 Å². The van der Waals surface area contributed by atoms with Crippen molar-refractivity contribution in [3.63, 3.8) is 0 Å². The number of thioether (sulfide) groups is 1. The van der Waals surface area contributed by atoms with Crippen molar-refractivity contribution in [1.82, 2.24) is 15.6 Å².